The predicted octanol–water partition coefficient (Wildman–Crippen LogP) is 6.19. The molecule has 0 fully saturated rings. The van der Waals surface area contributed by atoms with E-state index < -0.39 is 7.92 Å². The number of fused-ring (bicyclic) bond motifs is 10. The molecule has 1 unspecified atom stereocenters. The molecule has 4 aromatic carbocycles. The van der Waals surface area contributed by atoms with Crippen molar-refractivity contribution < 1.29 is 0 Å². The molecule has 33 heavy (non-hydrogen) atoms. The largest absolute Gasteiger partial charge is 0.264 e. The lowest BCUT2D eigenvalue weighted by molar-refractivity contribution is 1.36. The topological polar surface area (TPSA) is 25.8 Å². The molecule has 0 bridgehead atoms. The van der Waals surface area contributed by atoms with Crippen LogP contribution in [0.15, 0.2) is 116 Å². The number of hydrogen-bond acceptors (Lipinski definition) is 2. The third-order valence-corrected chi connectivity index (χ3v) is 9.08. The Morgan fingerprint density at radius 3 is 2.00 bits per heavy atom. The number of rotatable bonds is 1. The minimum atomic E-state index is -0.726. The van der Waals surface area contributed by atoms with Crippen LogP contribution in [-0.2, 0) is 0 Å². The summed E-state index contributed by atoms with van der Waals surface area (Å²) >= 11 is 0. The van der Waals surface area contributed by atoms with Gasteiger partial charge >= 0.3 is 0 Å². The van der Waals surface area contributed by atoms with Crippen LogP contribution in [0.1, 0.15) is 0 Å². The molecule has 3 heterocycles. The fourth-order valence-electron chi connectivity index (χ4n) is 5.19. The maximum atomic E-state index is 4.94. The van der Waals surface area contributed by atoms with Crippen LogP contribution >= 0.6 is 7.92 Å². The summed E-state index contributed by atoms with van der Waals surface area (Å²) in [6.07, 6.45) is 5.80. The van der Waals surface area contributed by atoms with Crippen molar-refractivity contribution in [2.75, 3.05) is 0 Å². The molecule has 1 aliphatic heterocycles. The van der Waals surface area contributed by atoms with Crippen LogP contribution in [0.2, 0.25) is 0 Å². The Kier molecular flexibility index (Phi) is 4.15. The summed E-state index contributed by atoms with van der Waals surface area (Å²) in [6, 6.07) is 35.2. The summed E-state index contributed by atoms with van der Waals surface area (Å²) in [5.41, 5.74) is 6.11. The van der Waals surface area contributed by atoms with E-state index in [4.69, 9.17) is 4.98 Å². The first-order valence-corrected chi connectivity index (χ1v) is 12.4. The lowest BCUT2D eigenvalue weighted by Gasteiger charge is -2.21. The van der Waals surface area contributed by atoms with Gasteiger partial charge in [0.15, 0.2) is 0 Å². The molecule has 1 atom stereocenters. The van der Waals surface area contributed by atoms with Crippen molar-refractivity contribution in [1.29, 1.82) is 0 Å². The molecule has 7 rings (SSSR count). The zero-order valence-electron chi connectivity index (χ0n) is 17.8. The molecule has 1 aliphatic rings. The molecule has 2 aromatic heterocycles. The Bertz CT molecular complexity index is 1570. The second kappa shape index (κ2) is 7.33. The highest BCUT2D eigenvalue weighted by atomic mass is 31.1. The van der Waals surface area contributed by atoms with Gasteiger partial charge in [-0.3, -0.25) is 9.97 Å². The fraction of sp³-hybridized carbons (Fsp3) is 0. The predicted molar refractivity (Wildman–Crippen MR) is 140 cm³/mol. The van der Waals surface area contributed by atoms with Gasteiger partial charge in [0.05, 0.1) is 5.52 Å². The van der Waals surface area contributed by atoms with Crippen molar-refractivity contribution in [2.24, 2.45) is 0 Å². The molecule has 2 nitrogen and oxygen atoms in total. The van der Waals surface area contributed by atoms with E-state index >= 15 is 0 Å². The second-order valence-electron chi connectivity index (χ2n) is 8.28. The summed E-state index contributed by atoms with van der Waals surface area (Å²) in [4.78, 5) is 9.41. The maximum absolute atomic E-state index is 4.94. The number of benzene rings is 4. The first-order valence-electron chi connectivity index (χ1n) is 11.1. The zero-order valence-corrected chi connectivity index (χ0v) is 18.7. The van der Waals surface area contributed by atoms with E-state index in [-0.39, 0.29) is 0 Å². The monoisotopic (exact) mass is 438 g/mol. The molecule has 3 heteroatoms. The smallest absolute Gasteiger partial charge is 0.0793 e. The number of nitrogens with zero attached hydrogens (tertiary/aromatic N) is 2. The van der Waals surface area contributed by atoms with Crippen LogP contribution in [0.25, 0.3) is 43.9 Å². The standard InChI is InChI=1S/C30H19N2P/c1-2-9-20(10-3-1)33-26-14-6-4-11-23(26)28-21-16-18-31-19-25(21)22-13-8-17-32-30(22)29(28)24-12-5-7-15-27(24)33/h1-19H. The molecular formula is C30H19N2P. The first-order chi connectivity index (χ1) is 16.4. The number of pyridine rings is 2. The lowest BCUT2D eigenvalue weighted by Crippen LogP contribution is -2.21. The summed E-state index contributed by atoms with van der Waals surface area (Å²) in [5, 5.41) is 7.66. The summed E-state index contributed by atoms with van der Waals surface area (Å²) in [6.45, 7) is 0. The Morgan fingerprint density at radius 2 is 1.21 bits per heavy atom. The Labute approximate surface area is 193 Å². The molecule has 6 aromatic rings. The van der Waals surface area contributed by atoms with Gasteiger partial charge < -0.3 is 0 Å². The highest BCUT2D eigenvalue weighted by Gasteiger charge is 2.30. The van der Waals surface area contributed by atoms with Crippen molar-refractivity contribution in [2.45, 2.75) is 0 Å². The van der Waals surface area contributed by atoms with Crippen molar-refractivity contribution >= 4 is 45.5 Å². The van der Waals surface area contributed by atoms with Crippen molar-refractivity contribution in [3.63, 3.8) is 0 Å². The summed E-state index contributed by atoms with van der Waals surface area (Å²) < 4.78 is 0. The lowest BCUT2D eigenvalue weighted by atomic mass is 9.87. The average Bonchev–Trinajstić information content (AvgIpc) is 3.02. The van der Waals surface area contributed by atoms with Crippen LogP contribution < -0.4 is 15.9 Å². The van der Waals surface area contributed by atoms with Gasteiger partial charge in [0.1, 0.15) is 0 Å². The van der Waals surface area contributed by atoms with Gasteiger partial charge in [0.2, 0.25) is 0 Å². The first kappa shape index (κ1) is 18.7. The van der Waals surface area contributed by atoms with Gasteiger partial charge in [-0.05, 0) is 52.5 Å². The highest BCUT2D eigenvalue weighted by Crippen LogP contribution is 2.50. The normalized spacial score (nSPS) is 14.4. The van der Waals surface area contributed by atoms with E-state index in [9.17, 15) is 0 Å². The van der Waals surface area contributed by atoms with E-state index in [2.05, 4.69) is 96.0 Å². The summed E-state index contributed by atoms with van der Waals surface area (Å²) in [7, 11) is -0.726. The van der Waals surface area contributed by atoms with E-state index in [1.807, 2.05) is 24.7 Å². The van der Waals surface area contributed by atoms with Crippen LogP contribution in [0.5, 0.6) is 0 Å². The SMILES string of the molecule is c1ccc(P2c3ccccc3-c3c(c4ncccc4c4cnccc34)-c3ccccc32)cc1. The van der Waals surface area contributed by atoms with Crippen LogP contribution in [0.3, 0.4) is 0 Å². The van der Waals surface area contributed by atoms with Crippen molar-refractivity contribution in [1.82, 2.24) is 9.97 Å². The van der Waals surface area contributed by atoms with Gasteiger partial charge in [-0.15, -0.1) is 0 Å². The molecule has 0 aliphatic carbocycles. The summed E-state index contributed by atoms with van der Waals surface area (Å²) in [5.74, 6) is 0. The Morgan fingerprint density at radius 1 is 0.515 bits per heavy atom. The van der Waals surface area contributed by atoms with Crippen LogP contribution in [0, 0.1) is 0 Å². The third kappa shape index (κ3) is 2.71. The Hall–Kier alpha value is -3.87. The molecule has 0 radical (unpaired) electrons. The van der Waals surface area contributed by atoms with E-state index in [0.717, 1.165) is 16.3 Å². The second-order valence-corrected chi connectivity index (χ2v) is 10.4. The highest BCUT2D eigenvalue weighted by molar-refractivity contribution is 7.80. The molecule has 0 spiro atoms. The maximum Gasteiger partial charge on any atom is 0.0793 e. The molecule has 0 N–H and O–H groups in total. The molecule has 0 saturated heterocycles. The molecule has 0 saturated carbocycles. The quantitative estimate of drug-likeness (QED) is 0.226. The molecule has 0 amide bonds. The van der Waals surface area contributed by atoms with Gasteiger partial charge in [0, 0.05) is 40.5 Å². The van der Waals surface area contributed by atoms with Gasteiger partial charge in [-0.1, -0.05) is 84.9 Å². The third-order valence-electron chi connectivity index (χ3n) is 6.52. The van der Waals surface area contributed by atoms with Crippen molar-refractivity contribution in [3.05, 3.63) is 116 Å². The van der Waals surface area contributed by atoms with Gasteiger partial charge in [-0.2, -0.15) is 0 Å². The van der Waals surface area contributed by atoms with E-state index in [0.29, 0.717) is 0 Å². The minimum absolute atomic E-state index is 0.726. The van der Waals surface area contributed by atoms with Gasteiger partial charge in [0.25, 0.3) is 0 Å². The molecular weight excluding hydrogens is 419 g/mol. The zero-order chi connectivity index (χ0) is 21.8. The average molecular weight is 438 g/mol. The fourth-order valence-corrected chi connectivity index (χ4v) is 7.80. The van der Waals surface area contributed by atoms with Gasteiger partial charge in [-0.25, -0.2) is 0 Å². The van der Waals surface area contributed by atoms with E-state index in [1.165, 1.54) is 43.6 Å². The van der Waals surface area contributed by atoms with E-state index in [1.54, 1.807) is 0 Å². The number of hydrogen-bond donors (Lipinski definition) is 0. The van der Waals surface area contributed by atoms with Crippen molar-refractivity contribution in [3.8, 4) is 22.3 Å². The Balaban J connectivity index is 1.76. The molecule has 154 valence electrons. The minimum Gasteiger partial charge on any atom is -0.264 e. The van der Waals surface area contributed by atoms with Crippen LogP contribution in [0.4, 0.5) is 0 Å². The number of aromatic nitrogens is 2. The van der Waals surface area contributed by atoms with Crippen LogP contribution in [-0.4, -0.2) is 9.97 Å².